The van der Waals surface area contributed by atoms with E-state index in [1.807, 2.05) is 38.1 Å². The number of anilines is 1. The van der Waals surface area contributed by atoms with E-state index in [0.29, 0.717) is 34.2 Å². The molecule has 0 aliphatic rings. The van der Waals surface area contributed by atoms with Crippen molar-refractivity contribution in [2.24, 2.45) is 0 Å². The highest BCUT2D eigenvalue weighted by molar-refractivity contribution is 7.99. The van der Waals surface area contributed by atoms with Gasteiger partial charge in [-0.05, 0) is 49.7 Å². The van der Waals surface area contributed by atoms with Crippen LogP contribution in [0.1, 0.15) is 12.5 Å². The number of H-pyrrole nitrogens is 1. The third-order valence-electron chi connectivity index (χ3n) is 4.61. The summed E-state index contributed by atoms with van der Waals surface area (Å²) in [5, 5.41) is 10.3. The Labute approximate surface area is 182 Å². The number of para-hydroxylation sites is 1. The fourth-order valence-corrected chi connectivity index (χ4v) is 3.89. The van der Waals surface area contributed by atoms with Gasteiger partial charge >= 0.3 is 0 Å². The number of carbonyl (C=O) groups is 1. The molecule has 2 aromatic carbocycles. The molecule has 0 spiro atoms. The SMILES string of the molecule is CCOc1ccc(-n2c(SCC(=O)Nc3ccccc3C)nc3[nH]ncc3c2=O)cc1. The Morgan fingerprint density at radius 3 is 2.71 bits per heavy atom. The predicted molar refractivity (Wildman–Crippen MR) is 121 cm³/mol. The number of aromatic nitrogens is 4. The van der Waals surface area contributed by atoms with Crippen molar-refractivity contribution in [1.82, 2.24) is 19.7 Å². The van der Waals surface area contributed by atoms with Crippen molar-refractivity contribution in [3.05, 3.63) is 70.6 Å². The molecule has 158 valence electrons. The molecule has 2 heterocycles. The van der Waals surface area contributed by atoms with Crippen LogP contribution in [-0.2, 0) is 4.79 Å². The van der Waals surface area contributed by atoms with Gasteiger partial charge in [-0.25, -0.2) is 4.98 Å². The summed E-state index contributed by atoms with van der Waals surface area (Å²) in [4.78, 5) is 30.2. The maximum Gasteiger partial charge on any atom is 0.269 e. The zero-order valence-corrected chi connectivity index (χ0v) is 17.9. The molecule has 0 radical (unpaired) electrons. The molecule has 0 unspecified atom stereocenters. The monoisotopic (exact) mass is 435 g/mol. The van der Waals surface area contributed by atoms with Gasteiger partial charge in [-0.3, -0.25) is 19.3 Å². The Hall–Kier alpha value is -3.59. The van der Waals surface area contributed by atoms with E-state index in [9.17, 15) is 9.59 Å². The van der Waals surface area contributed by atoms with E-state index in [1.165, 1.54) is 22.5 Å². The first-order valence-corrected chi connectivity index (χ1v) is 10.7. The van der Waals surface area contributed by atoms with Gasteiger partial charge < -0.3 is 10.1 Å². The predicted octanol–water partition coefficient (Wildman–Crippen LogP) is 3.55. The zero-order valence-electron chi connectivity index (χ0n) is 17.1. The quantitative estimate of drug-likeness (QED) is 0.340. The number of amides is 1. The number of nitrogens with one attached hydrogen (secondary N) is 2. The highest BCUT2D eigenvalue weighted by Crippen LogP contribution is 2.23. The second-order valence-corrected chi connectivity index (χ2v) is 7.69. The first-order chi connectivity index (χ1) is 15.1. The molecule has 0 aliphatic heterocycles. The number of carbonyl (C=O) groups excluding carboxylic acids is 1. The molecule has 4 rings (SSSR count). The minimum Gasteiger partial charge on any atom is -0.494 e. The van der Waals surface area contributed by atoms with Gasteiger partial charge in [0.1, 0.15) is 11.1 Å². The molecular formula is C22H21N5O3S. The molecular weight excluding hydrogens is 414 g/mol. The number of aryl methyl sites for hydroxylation is 1. The minimum atomic E-state index is -0.260. The number of benzene rings is 2. The zero-order chi connectivity index (χ0) is 21.8. The van der Waals surface area contributed by atoms with Crippen LogP contribution in [-0.4, -0.2) is 38.0 Å². The largest absolute Gasteiger partial charge is 0.494 e. The number of fused-ring (bicyclic) bond motifs is 1. The topological polar surface area (TPSA) is 102 Å². The lowest BCUT2D eigenvalue weighted by Crippen LogP contribution is -2.22. The maximum absolute atomic E-state index is 13.1. The van der Waals surface area contributed by atoms with Crippen LogP contribution >= 0.6 is 11.8 Å². The molecule has 2 N–H and O–H groups in total. The van der Waals surface area contributed by atoms with Gasteiger partial charge in [-0.1, -0.05) is 30.0 Å². The average molecular weight is 436 g/mol. The Bertz CT molecular complexity index is 1280. The van der Waals surface area contributed by atoms with Gasteiger partial charge in [-0.15, -0.1) is 0 Å². The summed E-state index contributed by atoms with van der Waals surface area (Å²) in [5.41, 5.74) is 2.49. The van der Waals surface area contributed by atoms with Gasteiger partial charge in [0, 0.05) is 5.69 Å². The summed E-state index contributed by atoms with van der Waals surface area (Å²) in [7, 11) is 0. The lowest BCUT2D eigenvalue weighted by atomic mass is 10.2. The Balaban J connectivity index is 1.63. The Kier molecular flexibility index (Phi) is 6.03. The molecule has 0 saturated heterocycles. The van der Waals surface area contributed by atoms with Crippen molar-refractivity contribution in [3.63, 3.8) is 0 Å². The average Bonchev–Trinajstić information content (AvgIpc) is 3.24. The van der Waals surface area contributed by atoms with Gasteiger partial charge in [-0.2, -0.15) is 5.10 Å². The molecule has 9 heteroatoms. The van der Waals surface area contributed by atoms with Gasteiger partial charge in [0.2, 0.25) is 5.91 Å². The van der Waals surface area contributed by atoms with E-state index in [0.717, 1.165) is 11.3 Å². The first-order valence-electron chi connectivity index (χ1n) is 9.74. The summed E-state index contributed by atoms with van der Waals surface area (Å²) < 4.78 is 6.97. The highest BCUT2D eigenvalue weighted by atomic mass is 32.2. The van der Waals surface area contributed by atoms with Crippen molar-refractivity contribution in [2.75, 3.05) is 17.7 Å². The molecule has 0 saturated carbocycles. The molecule has 4 aromatic rings. The second kappa shape index (κ2) is 9.05. The Morgan fingerprint density at radius 1 is 1.19 bits per heavy atom. The van der Waals surface area contributed by atoms with E-state index < -0.39 is 0 Å². The number of hydrogen-bond donors (Lipinski definition) is 2. The van der Waals surface area contributed by atoms with Crippen molar-refractivity contribution < 1.29 is 9.53 Å². The minimum absolute atomic E-state index is 0.0947. The molecule has 1 amide bonds. The molecule has 0 atom stereocenters. The van der Waals surface area contributed by atoms with Crippen molar-refractivity contribution in [3.8, 4) is 11.4 Å². The van der Waals surface area contributed by atoms with E-state index in [-0.39, 0.29) is 17.2 Å². The van der Waals surface area contributed by atoms with Crippen molar-refractivity contribution in [2.45, 2.75) is 19.0 Å². The number of hydrogen-bond acceptors (Lipinski definition) is 6. The normalized spacial score (nSPS) is 10.9. The number of ether oxygens (including phenoxy) is 1. The molecule has 0 aliphatic carbocycles. The van der Waals surface area contributed by atoms with Crippen molar-refractivity contribution in [1.29, 1.82) is 0 Å². The van der Waals surface area contributed by atoms with E-state index in [4.69, 9.17) is 4.74 Å². The summed E-state index contributed by atoms with van der Waals surface area (Å²) in [6.45, 7) is 4.39. The second-order valence-electron chi connectivity index (χ2n) is 6.75. The first kappa shape index (κ1) is 20.7. The van der Waals surface area contributed by atoms with Gasteiger partial charge in [0.15, 0.2) is 10.8 Å². The summed E-state index contributed by atoms with van der Waals surface area (Å²) in [6.07, 6.45) is 1.45. The lowest BCUT2D eigenvalue weighted by Gasteiger charge is -2.13. The molecule has 0 fully saturated rings. The third-order valence-corrected chi connectivity index (χ3v) is 5.55. The van der Waals surface area contributed by atoms with E-state index in [1.54, 1.807) is 24.3 Å². The van der Waals surface area contributed by atoms with Crippen LogP contribution < -0.4 is 15.6 Å². The maximum atomic E-state index is 13.1. The lowest BCUT2D eigenvalue weighted by molar-refractivity contribution is -0.113. The molecule has 31 heavy (non-hydrogen) atoms. The van der Waals surface area contributed by atoms with Crippen LogP contribution in [0.4, 0.5) is 5.69 Å². The molecule has 8 nitrogen and oxygen atoms in total. The van der Waals surface area contributed by atoms with Crippen LogP contribution in [0.25, 0.3) is 16.7 Å². The standard InChI is InChI=1S/C22H21N5O3S/c1-3-30-16-10-8-15(9-11-16)27-21(29)17-12-23-26-20(17)25-22(27)31-13-19(28)24-18-7-5-4-6-14(18)2/h4-12H,3,13H2,1-2H3,(H,23,26)(H,24,28). The summed E-state index contributed by atoms with van der Waals surface area (Å²) >= 11 is 1.18. The van der Waals surface area contributed by atoms with Gasteiger partial charge in [0.05, 0.1) is 24.2 Å². The summed E-state index contributed by atoms with van der Waals surface area (Å²) in [6, 6.07) is 14.7. The summed E-state index contributed by atoms with van der Waals surface area (Å²) in [5.74, 6) is 0.622. The molecule has 0 bridgehead atoms. The van der Waals surface area contributed by atoms with Crippen LogP contribution in [0.5, 0.6) is 5.75 Å². The fourth-order valence-electron chi connectivity index (χ4n) is 3.09. The smallest absolute Gasteiger partial charge is 0.269 e. The highest BCUT2D eigenvalue weighted by Gasteiger charge is 2.16. The van der Waals surface area contributed by atoms with Crippen LogP contribution in [0.15, 0.2) is 64.7 Å². The van der Waals surface area contributed by atoms with Crippen molar-refractivity contribution >= 4 is 34.4 Å². The number of thioether (sulfide) groups is 1. The fraction of sp³-hybridized carbons (Fsp3) is 0.182. The van der Waals surface area contributed by atoms with Crippen LogP contribution in [0.2, 0.25) is 0 Å². The third kappa shape index (κ3) is 4.46. The Morgan fingerprint density at radius 2 is 1.97 bits per heavy atom. The van der Waals surface area contributed by atoms with Crippen LogP contribution in [0.3, 0.4) is 0 Å². The molecule has 2 aromatic heterocycles. The van der Waals surface area contributed by atoms with Crippen LogP contribution in [0, 0.1) is 6.92 Å². The van der Waals surface area contributed by atoms with E-state index in [2.05, 4.69) is 20.5 Å². The van der Waals surface area contributed by atoms with E-state index >= 15 is 0 Å². The van der Waals surface area contributed by atoms with Gasteiger partial charge in [0.25, 0.3) is 5.56 Å². The number of nitrogens with zero attached hydrogens (tertiary/aromatic N) is 3. The number of aromatic amines is 1. The number of rotatable bonds is 7.